The number of amides is 2. The number of carbonyl (C=O) groups excluding carboxylic acids is 2. The van der Waals surface area contributed by atoms with Crippen molar-refractivity contribution in [2.75, 3.05) is 0 Å². The van der Waals surface area contributed by atoms with Crippen LogP contribution in [0.2, 0.25) is 0 Å². The number of aliphatic carboxylic acids is 1. The van der Waals surface area contributed by atoms with E-state index in [-0.39, 0.29) is 30.2 Å². The molecule has 0 spiro atoms. The van der Waals surface area contributed by atoms with E-state index in [1.165, 1.54) is 6.92 Å². The fraction of sp³-hybridized carbons (Fsp3) is 0.500. The first-order chi connectivity index (χ1) is 13.5. The number of hydrogen-bond acceptors (Lipinski definition) is 3. The van der Waals surface area contributed by atoms with Gasteiger partial charge in [-0.3, -0.25) is 9.59 Å². The van der Waals surface area contributed by atoms with Crippen molar-refractivity contribution in [3.63, 3.8) is 0 Å². The lowest BCUT2D eigenvalue weighted by atomic mass is 9.84. The summed E-state index contributed by atoms with van der Waals surface area (Å²) in [6.45, 7) is 1.49. The third kappa shape index (κ3) is 3.21. The van der Waals surface area contributed by atoms with E-state index >= 15 is 0 Å². The Hall–Kier alpha value is -2.63. The molecule has 0 aromatic heterocycles. The molecule has 2 amide bonds. The number of rotatable bonds is 3. The maximum Gasteiger partial charge on any atom is 0.326 e. The van der Waals surface area contributed by atoms with Crippen LogP contribution < -0.4 is 0 Å². The van der Waals surface area contributed by atoms with E-state index in [1.54, 1.807) is 16.0 Å². The Bertz CT molecular complexity index is 834. The lowest BCUT2D eigenvalue weighted by Gasteiger charge is -2.37. The molecular formula is C22H26N2O4. The SMILES string of the molecule is CC(=O)N1C=Cc2ccccc2[C@@H]1CC(=O)N1[C@H](C(=O)O)C[C@@H]2CCCC[C@@H]21. The van der Waals surface area contributed by atoms with Crippen LogP contribution in [0.25, 0.3) is 6.08 Å². The monoisotopic (exact) mass is 382 g/mol. The normalized spacial score (nSPS) is 28.6. The number of likely N-dealkylation sites (tertiary alicyclic amines) is 1. The van der Waals surface area contributed by atoms with E-state index in [4.69, 9.17) is 0 Å². The zero-order valence-corrected chi connectivity index (χ0v) is 16.1. The average molecular weight is 382 g/mol. The first-order valence-corrected chi connectivity index (χ1v) is 10.1. The van der Waals surface area contributed by atoms with Crippen LogP contribution in [0, 0.1) is 5.92 Å². The highest BCUT2D eigenvalue weighted by atomic mass is 16.4. The highest BCUT2D eigenvalue weighted by Gasteiger charge is 2.48. The molecule has 4 atom stereocenters. The van der Waals surface area contributed by atoms with Gasteiger partial charge in [-0.25, -0.2) is 4.79 Å². The van der Waals surface area contributed by atoms with Gasteiger partial charge in [-0.2, -0.15) is 0 Å². The van der Waals surface area contributed by atoms with E-state index in [0.29, 0.717) is 6.42 Å². The van der Waals surface area contributed by atoms with Gasteiger partial charge in [0.1, 0.15) is 6.04 Å². The van der Waals surface area contributed by atoms with Crippen molar-refractivity contribution in [3.8, 4) is 0 Å². The van der Waals surface area contributed by atoms with E-state index in [0.717, 1.165) is 36.8 Å². The van der Waals surface area contributed by atoms with Crippen molar-refractivity contribution in [1.82, 2.24) is 9.80 Å². The summed E-state index contributed by atoms with van der Waals surface area (Å²) in [5, 5.41) is 9.71. The highest BCUT2D eigenvalue weighted by molar-refractivity contribution is 5.86. The minimum atomic E-state index is -0.921. The van der Waals surface area contributed by atoms with Gasteiger partial charge in [0.15, 0.2) is 0 Å². The topological polar surface area (TPSA) is 77.9 Å². The summed E-state index contributed by atoms with van der Waals surface area (Å²) in [7, 11) is 0. The Morgan fingerprint density at radius 3 is 2.64 bits per heavy atom. The zero-order chi connectivity index (χ0) is 19.8. The summed E-state index contributed by atoms with van der Waals surface area (Å²) in [6.07, 6.45) is 8.26. The molecule has 28 heavy (non-hydrogen) atoms. The molecule has 1 aromatic rings. The van der Waals surface area contributed by atoms with Crippen molar-refractivity contribution < 1.29 is 19.5 Å². The number of fused-ring (bicyclic) bond motifs is 2. The Morgan fingerprint density at radius 1 is 1.14 bits per heavy atom. The molecule has 0 unspecified atom stereocenters. The lowest BCUT2D eigenvalue weighted by molar-refractivity contribution is -0.150. The van der Waals surface area contributed by atoms with Gasteiger partial charge in [0.05, 0.1) is 12.5 Å². The first-order valence-electron chi connectivity index (χ1n) is 10.1. The molecule has 3 aliphatic rings. The number of benzene rings is 1. The molecule has 1 saturated heterocycles. The molecule has 1 aromatic carbocycles. The van der Waals surface area contributed by atoms with Gasteiger partial charge >= 0.3 is 5.97 Å². The number of carboxylic acid groups (broad SMARTS) is 1. The molecule has 1 aliphatic carbocycles. The van der Waals surface area contributed by atoms with Crippen LogP contribution >= 0.6 is 0 Å². The Labute approximate surface area is 164 Å². The van der Waals surface area contributed by atoms with Gasteiger partial charge in [0, 0.05) is 19.2 Å². The molecule has 6 heteroatoms. The molecule has 2 fully saturated rings. The molecule has 0 bridgehead atoms. The molecule has 4 rings (SSSR count). The predicted octanol–water partition coefficient (Wildman–Crippen LogP) is 3.19. The van der Waals surface area contributed by atoms with Crippen LogP contribution in [0.4, 0.5) is 0 Å². The average Bonchev–Trinajstić information content (AvgIpc) is 3.08. The molecule has 2 heterocycles. The van der Waals surface area contributed by atoms with Crippen molar-refractivity contribution in [1.29, 1.82) is 0 Å². The van der Waals surface area contributed by atoms with Gasteiger partial charge in [-0.15, -0.1) is 0 Å². The second-order valence-corrected chi connectivity index (χ2v) is 8.09. The predicted molar refractivity (Wildman–Crippen MR) is 104 cm³/mol. The summed E-state index contributed by atoms with van der Waals surface area (Å²) in [5.41, 5.74) is 1.92. The lowest BCUT2D eigenvalue weighted by Crippen LogP contribution is -2.47. The zero-order valence-electron chi connectivity index (χ0n) is 16.1. The van der Waals surface area contributed by atoms with E-state index < -0.39 is 18.1 Å². The number of nitrogens with zero attached hydrogens (tertiary/aromatic N) is 2. The summed E-state index contributed by atoms with van der Waals surface area (Å²) < 4.78 is 0. The molecule has 6 nitrogen and oxygen atoms in total. The van der Waals surface area contributed by atoms with Crippen molar-refractivity contribution >= 4 is 23.9 Å². The molecule has 148 valence electrons. The van der Waals surface area contributed by atoms with Gasteiger partial charge in [0.25, 0.3) is 0 Å². The Morgan fingerprint density at radius 2 is 1.89 bits per heavy atom. The van der Waals surface area contributed by atoms with E-state index in [2.05, 4.69) is 0 Å². The summed E-state index contributed by atoms with van der Waals surface area (Å²) in [6, 6.07) is 6.61. The second kappa shape index (κ2) is 7.41. The summed E-state index contributed by atoms with van der Waals surface area (Å²) in [4.78, 5) is 40.6. The van der Waals surface area contributed by atoms with Gasteiger partial charge in [-0.1, -0.05) is 37.1 Å². The van der Waals surface area contributed by atoms with Crippen LogP contribution in [0.15, 0.2) is 30.5 Å². The smallest absolute Gasteiger partial charge is 0.326 e. The highest BCUT2D eigenvalue weighted by Crippen LogP contribution is 2.41. The molecule has 2 aliphatic heterocycles. The summed E-state index contributed by atoms with van der Waals surface area (Å²) >= 11 is 0. The summed E-state index contributed by atoms with van der Waals surface area (Å²) in [5.74, 6) is -0.935. The van der Waals surface area contributed by atoms with Gasteiger partial charge in [0.2, 0.25) is 11.8 Å². The van der Waals surface area contributed by atoms with Crippen LogP contribution in [0.5, 0.6) is 0 Å². The minimum absolute atomic E-state index is 0.0162. The number of carbonyl (C=O) groups is 3. The maximum atomic E-state index is 13.4. The fourth-order valence-electron chi connectivity index (χ4n) is 5.22. The van der Waals surface area contributed by atoms with E-state index in [1.807, 2.05) is 30.3 Å². The molecule has 0 radical (unpaired) electrons. The molecular weight excluding hydrogens is 356 g/mol. The van der Waals surface area contributed by atoms with Crippen LogP contribution in [0.1, 0.15) is 62.6 Å². The van der Waals surface area contributed by atoms with Crippen molar-refractivity contribution in [2.45, 2.75) is 63.6 Å². The standard InChI is InChI=1S/C22H26N2O4/c1-14(25)23-11-10-15-6-2-4-8-17(15)19(23)13-21(26)24-18-9-5-3-7-16(18)12-20(24)22(27)28/h2,4,6,8,10-11,16,18-20H,3,5,7,9,12-13H2,1H3,(H,27,28)/t16-,18-,19-,20-/m0/s1. The number of hydrogen-bond donors (Lipinski definition) is 1. The van der Waals surface area contributed by atoms with Crippen LogP contribution in [-0.2, 0) is 14.4 Å². The maximum absolute atomic E-state index is 13.4. The quantitative estimate of drug-likeness (QED) is 0.871. The Balaban J connectivity index is 1.63. The van der Waals surface area contributed by atoms with Gasteiger partial charge in [-0.05, 0) is 42.4 Å². The van der Waals surface area contributed by atoms with E-state index in [9.17, 15) is 19.5 Å². The second-order valence-electron chi connectivity index (χ2n) is 8.09. The van der Waals surface area contributed by atoms with Gasteiger partial charge < -0.3 is 14.9 Å². The van der Waals surface area contributed by atoms with Crippen molar-refractivity contribution in [3.05, 3.63) is 41.6 Å². The fourth-order valence-corrected chi connectivity index (χ4v) is 5.22. The van der Waals surface area contributed by atoms with Crippen LogP contribution in [-0.4, -0.2) is 44.8 Å². The third-order valence-electron chi connectivity index (χ3n) is 6.50. The largest absolute Gasteiger partial charge is 0.480 e. The van der Waals surface area contributed by atoms with Crippen molar-refractivity contribution in [2.24, 2.45) is 5.92 Å². The Kier molecular flexibility index (Phi) is 4.96. The minimum Gasteiger partial charge on any atom is -0.480 e. The third-order valence-corrected chi connectivity index (χ3v) is 6.50. The first kappa shape index (κ1) is 18.7. The van der Waals surface area contributed by atoms with Crippen LogP contribution in [0.3, 0.4) is 0 Å². The molecule has 1 N–H and O–H groups in total. The molecule has 1 saturated carbocycles. The number of carboxylic acids is 1.